The van der Waals surface area contributed by atoms with E-state index < -0.39 is 23.3 Å². The molecule has 1 N–H and O–H groups in total. The monoisotopic (exact) mass is 394 g/mol. The molecule has 0 heterocycles. The second-order valence-electron chi connectivity index (χ2n) is 6.53. The van der Waals surface area contributed by atoms with E-state index in [4.69, 9.17) is 0 Å². The number of hydrogen-bond donors (Lipinski definition) is 1. The van der Waals surface area contributed by atoms with Gasteiger partial charge in [-0.25, -0.2) is 17.6 Å². The number of halogens is 4. The maximum atomic E-state index is 14.7. The molecule has 4 rings (SSSR count). The van der Waals surface area contributed by atoms with Gasteiger partial charge in [-0.05, 0) is 47.5 Å². The number of phenols is 1. The van der Waals surface area contributed by atoms with Gasteiger partial charge in [0, 0.05) is 22.3 Å². The van der Waals surface area contributed by atoms with Gasteiger partial charge in [0.2, 0.25) is 0 Å². The topological polar surface area (TPSA) is 20.2 Å². The van der Waals surface area contributed by atoms with Crippen LogP contribution in [0.4, 0.5) is 17.6 Å². The normalized spacial score (nSPS) is 10.9. The Hall–Kier alpha value is -3.60. The van der Waals surface area contributed by atoms with Crippen LogP contribution >= 0.6 is 0 Å². The summed E-state index contributed by atoms with van der Waals surface area (Å²) in [4.78, 5) is 0. The first-order valence-electron chi connectivity index (χ1n) is 8.77. The van der Waals surface area contributed by atoms with Crippen molar-refractivity contribution in [2.75, 3.05) is 0 Å². The summed E-state index contributed by atoms with van der Waals surface area (Å²) in [6.45, 7) is 0. The summed E-state index contributed by atoms with van der Waals surface area (Å²) in [5, 5.41) is 9.89. The zero-order valence-electron chi connectivity index (χ0n) is 15.0. The molecule has 0 amide bonds. The van der Waals surface area contributed by atoms with Crippen LogP contribution in [-0.2, 0) is 0 Å². The van der Waals surface area contributed by atoms with E-state index in [0.717, 1.165) is 18.2 Å². The Balaban J connectivity index is 1.77. The summed E-state index contributed by atoms with van der Waals surface area (Å²) < 4.78 is 57.5. The molecule has 0 radical (unpaired) electrons. The fourth-order valence-electron chi connectivity index (χ4n) is 3.24. The van der Waals surface area contributed by atoms with E-state index in [-0.39, 0.29) is 28.0 Å². The molecule has 144 valence electrons. The smallest absolute Gasteiger partial charge is 0.131 e. The molecule has 0 aliphatic rings. The number of hydrogen-bond acceptors (Lipinski definition) is 1. The third-order valence-corrected chi connectivity index (χ3v) is 4.67. The highest BCUT2D eigenvalue weighted by Crippen LogP contribution is 2.36. The molecule has 0 bridgehead atoms. The molecule has 4 aromatic rings. The molecule has 0 unspecified atom stereocenters. The summed E-state index contributed by atoms with van der Waals surface area (Å²) in [7, 11) is 0. The molecule has 0 saturated carbocycles. The van der Waals surface area contributed by atoms with Gasteiger partial charge in [0.1, 0.15) is 29.0 Å². The Morgan fingerprint density at radius 2 is 1.10 bits per heavy atom. The fourth-order valence-corrected chi connectivity index (χ4v) is 3.24. The SMILES string of the molecule is Oc1ccccc1-c1cc(F)c(-c2ccc(-c3cccc(F)c3)cc2F)cc1F. The fraction of sp³-hybridized carbons (Fsp3) is 0. The number of benzene rings is 4. The lowest BCUT2D eigenvalue weighted by Crippen LogP contribution is -1.94. The first kappa shape index (κ1) is 18.7. The van der Waals surface area contributed by atoms with Crippen LogP contribution in [0.5, 0.6) is 5.75 Å². The molecule has 0 aromatic heterocycles. The minimum Gasteiger partial charge on any atom is -0.507 e. The summed E-state index contributed by atoms with van der Waals surface area (Å²) in [5.74, 6) is -3.04. The van der Waals surface area contributed by atoms with Crippen molar-refractivity contribution in [1.29, 1.82) is 0 Å². The molecule has 5 heteroatoms. The molecule has 4 aromatic carbocycles. The van der Waals surface area contributed by atoms with Gasteiger partial charge in [-0.15, -0.1) is 0 Å². The van der Waals surface area contributed by atoms with Crippen LogP contribution in [0.2, 0.25) is 0 Å². The average Bonchev–Trinajstić information content (AvgIpc) is 2.70. The summed E-state index contributed by atoms with van der Waals surface area (Å²) in [6.07, 6.45) is 0. The Kier molecular flexibility index (Phi) is 4.80. The van der Waals surface area contributed by atoms with Crippen LogP contribution < -0.4 is 0 Å². The Bertz CT molecular complexity index is 1220. The molecule has 0 atom stereocenters. The van der Waals surface area contributed by atoms with Gasteiger partial charge in [0.25, 0.3) is 0 Å². The summed E-state index contributed by atoms with van der Waals surface area (Å²) in [5.41, 5.74) is 0.531. The van der Waals surface area contributed by atoms with E-state index in [1.54, 1.807) is 18.2 Å². The molecule has 0 aliphatic heterocycles. The maximum Gasteiger partial charge on any atom is 0.131 e. The highest BCUT2D eigenvalue weighted by atomic mass is 19.1. The van der Waals surface area contributed by atoms with Gasteiger partial charge in [-0.3, -0.25) is 0 Å². The molecule has 0 aliphatic carbocycles. The van der Waals surface area contributed by atoms with E-state index in [2.05, 4.69) is 0 Å². The second kappa shape index (κ2) is 7.43. The lowest BCUT2D eigenvalue weighted by molar-refractivity contribution is 0.476. The molecular formula is C24H14F4O. The largest absolute Gasteiger partial charge is 0.507 e. The predicted octanol–water partition coefficient (Wildman–Crippen LogP) is 6.95. The third kappa shape index (κ3) is 3.59. The van der Waals surface area contributed by atoms with E-state index in [9.17, 15) is 22.7 Å². The van der Waals surface area contributed by atoms with Crippen molar-refractivity contribution in [2.45, 2.75) is 0 Å². The Morgan fingerprint density at radius 3 is 1.76 bits per heavy atom. The van der Waals surface area contributed by atoms with Crippen LogP contribution in [0.3, 0.4) is 0 Å². The van der Waals surface area contributed by atoms with Gasteiger partial charge in [0.05, 0.1) is 0 Å². The van der Waals surface area contributed by atoms with Crippen molar-refractivity contribution in [3.05, 3.63) is 102 Å². The molecular weight excluding hydrogens is 380 g/mol. The molecule has 0 spiro atoms. The quantitative estimate of drug-likeness (QED) is 0.373. The van der Waals surface area contributed by atoms with Crippen molar-refractivity contribution < 1.29 is 22.7 Å². The summed E-state index contributed by atoms with van der Waals surface area (Å²) in [6, 6.07) is 17.5. The second-order valence-corrected chi connectivity index (χ2v) is 6.53. The van der Waals surface area contributed by atoms with Gasteiger partial charge in [-0.1, -0.05) is 42.5 Å². The maximum absolute atomic E-state index is 14.7. The van der Waals surface area contributed by atoms with Crippen molar-refractivity contribution in [3.63, 3.8) is 0 Å². The minimum absolute atomic E-state index is 0.120. The lowest BCUT2D eigenvalue weighted by atomic mass is 9.96. The van der Waals surface area contributed by atoms with E-state index in [0.29, 0.717) is 11.1 Å². The van der Waals surface area contributed by atoms with E-state index in [1.165, 1.54) is 42.5 Å². The van der Waals surface area contributed by atoms with Crippen LogP contribution in [-0.4, -0.2) is 5.11 Å². The zero-order valence-corrected chi connectivity index (χ0v) is 15.0. The van der Waals surface area contributed by atoms with Crippen molar-refractivity contribution in [3.8, 4) is 39.1 Å². The van der Waals surface area contributed by atoms with E-state index in [1.807, 2.05) is 0 Å². The van der Waals surface area contributed by atoms with Crippen LogP contribution in [0, 0.1) is 23.3 Å². The average molecular weight is 394 g/mol. The zero-order chi connectivity index (χ0) is 20.5. The van der Waals surface area contributed by atoms with Crippen LogP contribution in [0.15, 0.2) is 78.9 Å². The van der Waals surface area contributed by atoms with E-state index >= 15 is 0 Å². The Labute approximate surface area is 164 Å². The van der Waals surface area contributed by atoms with Gasteiger partial charge >= 0.3 is 0 Å². The van der Waals surface area contributed by atoms with Gasteiger partial charge in [-0.2, -0.15) is 0 Å². The molecule has 0 fully saturated rings. The van der Waals surface area contributed by atoms with Crippen LogP contribution in [0.1, 0.15) is 0 Å². The minimum atomic E-state index is -0.831. The third-order valence-electron chi connectivity index (χ3n) is 4.67. The number of rotatable bonds is 3. The molecule has 0 saturated heterocycles. The predicted molar refractivity (Wildman–Crippen MR) is 104 cm³/mol. The molecule has 1 nitrogen and oxygen atoms in total. The Morgan fingerprint density at radius 1 is 0.483 bits per heavy atom. The van der Waals surface area contributed by atoms with Gasteiger partial charge in [0.15, 0.2) is 0 Å². The van der Waals surface area contributed by atoms with Gasteiger partial charge < -0.3 is 5.11 Å². The molecule has 29 heavy (non-hydrogen) atoms. The lowest BCUT2D eigenvalue weighted by Gasteiger charge is -2.11. The van der Waals surface area contributed by atoms with Crippen molar-refractivity contribution >= 4 is 0 Å². The van der Waals surface area contributed by atoms with Crippen molar-refractivity contribution in [1.82, 2.24) is 0 Å². The highest BCUT2D eigenvalue weighted by molar-refractivity contribution is 5.76. The highest BCUT2D eigenvalue weighted by Gasteiger charge is 2.17. The number of phenolic OH excluding ortho intramolecular Hbond substituents is 1. The van der Waals surface area contributed by atoms with Crippen LogP contribution in [0.25, 0.3) is 33.4 Å². The number of aromatic hydroxyl groups is 1. The standard InChI is InChI=1S/C24H14F4O/c25-16-5-3-4-14(10-16)15-8-9-17(21(26)11-15)19-12-23(28)20(13-22(19)27)18-6-1-2-7-24(18)29/h1-13,29H. The number of para-hydroxylation sites is 1. The van der Waals surface area contributed by atoms with Crippen molar-refractivity contribution in [2.24, 2.45) is 0 Å². The first-order valence-corrected chi connectivity index (χ1v) is 8.77. The summed E-state index contributed by atoms with van der Waals surface area (Å²) >= 11 is 0. The first-order chi connectivity index (χ1) is 13.9.